The maximum atomic E-state index is 12.9. The summed E-state index contributed by atoms with van der Waals surface area (Å²) in [6.07, 6.45) is 1.70. The smallest absolute Gasteiger partial charge is 0.338 e. The van der Waals surface area contributed by atoms with Crippen molar-refractivity contribution in [3.05, 3.63) is 119 Å². The van der Waals surface area contributed by atoms with Crippen molar-refractivity contribution in [1.29, 1.82) is 0 Å². The van der Waals surface area contributed by atoms with E-state index in [4.69, 9.17) is 9.73 Å². The summed E-state index contributed by atoms with van der Waals surface area (Å²) >= 11 is 1.62. The van der Waals surface area contributed by atoms with Gasteiger partial charge in [0.05, 0.1) is 35.8 Å². The van der Waals surface area contributed by atoms with Crippen LogP contribution in [0.4, 0.5) is 5.69 Å². The molecule has 1 aliphatic rings. The highest BCUT2D eigenvalue weighted by Crippen LogP contribution is 2.41. The van der Waals surface area contributed by atoms with Crippen LogP contribution in [0, 0.1) is 0 Å². The number of pyridine rings is 1. The Kier molecular flexibility index (Phi) is 6.91. The Morgan fingerprint density at radius 1 is 0.889 bits per heavy atom. The molecule has 0 unspecified atom stereocenters. The molecule has 0 fully saturated rings. The number of aromatic nitrogens is 1. The third-order valence-corrected chi connectivity index (χ3v) is 6.78. The van der Waals surface area contributed by atoms with Gasteiger partial charge in [-0.2, -0.15) is 0 Å². The van der Waals surface area contributed by atoms with Crippen molar-refractivity contribution >= 4 is 35.0 Å². The Hall–Kier alpha value is -4.23. The van der Waals surface area contributed by atoms with Gasteiger partial charge in [0.1, 0.15) is 0 Å². The van der Waals surface area contributed by atoms with Crippen LogP contribution in [0.5, 0.6) is 0 Å². The van der Waals surface area contributed by atoms with Gasteiger partial charge in [-0.05, 0) is 55.5 Å². The topological polar surface area (TPSA) is 80.6 Å². The number of carbonyl (C=O) groups excluding carboxylic acids is 2. The summed E-state index contributed by atoms with van der Waals surface area (Å²) in [6.45, 7) is 2.45. The maximum Gasteiger partial charge on any atom is 0.338 e. The number of ether oxygens (including phenoxy) is 1. The molecule has 1 aliphatic heterocycles. The normalized spacial score (nSPS) is 12.0. The van der Waals surface area contributed by atoms with E-state index >= 15 is 0 Å². The largest absolute Gasteiger partial charge is 0.462 e. The molecule has 4 aromatic rings. The van der Waals surface area contributed by atoms with Gasteiger partial charge in [-0.15, -0.1) is 0 Å². The Labute approximate surface area is 213 Å². The van der Waals surface area contributed by atoms with Crippen LogP contribution in [0.15, 0.2) is 106 Å². The van der Waals surface area contributed by atoms with E-state index in [2.05, 4.69) is 16.4 Å². The molecule has 0 aliphatic carbocycles. The number of benzene rings is 3. The first-order chi connectivity index (χ1) is 17.6. The van der Waals surface area contributed by atoms with E-state index in [0.717, 1.165) is 32.3 Å². The standard InChI is InChI=1S/C29H23N3O3S/c1-2-35-29(34)20-12-10-19(11-13-20)27-23-8-3-4-9-25(23)36-26-15-14-21(17-24(26)32-27)28(33)31-18-22-7-5-6-16-30-22/h3-17H,2,18H2,1H3,(H,31,33). The molecule has 3 aromatic carbocycles. The zero-order valence-corrected chi connectivity index (χ0v) is 20.4. The number of nitrogens with zero attached hydrogens (tertiary/aromatic N) is 2. The average Bonchev–Trinajstić information content (AvgIpc) is 3.09. The molecule has 0 radical (unpaired) electrons. The fourth-order valence-electron chi connectivity index (χ4n) is 3.86. The number of nitrogens with one attached hydrogen (secondary N) is 1. The monoisotopic (exact) mass is 493 g/mol. The molecule has 1 amide bonds. The van der Waals surface area contributed by atoms with E-state index in [9.17, 15) is 9.59 Å². The number of hydrogen-bond acceptors (Lipinski definition) is 6. The molecular weight excluding hydrogens is 470 g/mol. The van der Waals surface area contributed by atoms with Crippen LogP contribution in [0.1, 0.15) is 44.5 Å². The summed E-state index contributed by atoms with van der Waals surface area (Å²) in [5.74, 6) is -0.541. The molecule has 5 rings (SSSR count). The number of amides is 1. The van der Waals surface area contributed by atoms with Gasteiger partial charge in [0.25, 0.3) is 5.91 Å². The van der Waals surface area contributed by atoms with Crippen LogP contribution in [0.2, 0.25) is 0 Å². The Morgan fingerprint density at radius 3 is 2.44 bits per heavy atom. The van der Waals surface area contributed by atoms with E-state index in [-0.39, 0.29) is 11.9 Å². The predicted octanol–water partition coefficient (Wildman–Crippen LogP) is 5.82. The van der Waals surface area contributed by atoms with Gasteiger partial charge in [-0.3, -0.25) is 9.78 Å². The maximum absolute atomic E-state index is 12.9. The van der Waals surface area contributed by atoms with Gasteiger partial charge in [0.2, 0.25) is 0 Å². The molecule has 178 valence electrons. The van der Waals surface area contributed by atoms with E-state index < -0.39 is 0 Å². The van der Waals surface area contributed by atoms with E-state index in [1.165, 1.54) is 0 Å². The summed E-state index contributed by atoms with van der Waals surface area (Å²) in [4.78, 5) is 36.3. The van der Waals surface area contributed by atoms with Crippen LogP contribution in [-0.2, 0) is 11.3 Å². The summed E-state index contributed by atoms with van der Waals surface area (Å²) < 4.78 is 5.11. The Bertz CT molecular complexity index is 1450. The first-order valence-corrected chi connectivity index (χ1v) is 12.4. The van der Waals surface area contributed by atoms with Crippen molar-refractivity contribution in [3.63, 3.8) is 0 Å². The van der Waals surface area contributed by atoms with Gasteiger partial charge >= 0.3 is 5.97 Å². The average molecular weight is 494 g/mol. The molecule has 1 aromatic heterocycles. The van der Waals surface area contributed by atoms with Crippen molar-refractivity contribution in [3.8, 4) is 0 Å². The lowest BCUT2D eigenvalue weighted by Crippen LogP contribution is -2.23. The number of fused-ring (bicyclic) bond motifs is 2. The van der Waals surface area contributed by atoms with Crippen molar-refractivity contribution in [2.45, 2.75) is 23.3 Å². The summed E-state index contributed by atoms with van der Waals surface area (Å²) in [7, 11) is 0. The minimum absolute atomic E-state index is 0.189. The Balaban J connectivity index is 1.49. The lowest BCUT2D eigenvalue weighted by atomic mass is 10.0. The summed E-state index contributed by atoms with van der Waals surface area (Å²) in [5.41, 5.74) is 5.15. The molecule has 2 heterocycles. The van der Waals surface area contributed by atoms with Gasteiger partial charge < -0.3 is 10.1 Å². The zero-order valence-electron chi connectivity index (χ0n) is 19.6. The highest BCUT2D eigenvalue weighted by atomic mass is 32.2. The summed E-state index contributed by atoms with van der Waals surface area (Å²) in [6, 6.07) is 26.5. The molecule has 0 atom stereocenters. The predicted molar refractivity (Wildman–Crippen MR) is 140 cm³/mol. The SMILES string of the molecule is CCOC(=O)c1ccc(C2=Nc3cc(C(=O)NCc4ccccn4)ccc3Sc3ccccc32)cc1. The molecule has 1 N–H and O–H groups in total. The zero-order chi connectivity index (χ0) is 24.9. The van der Waals surface area contributed by atoms with Crippen LogP contribution in [0.25, 0.3) is 0 Å². The molecule has 36 heavy (non-hydrogen) atoms. The molecule has 7 heteroatoms. The minimum atomic E-state index is -0.352. The summed E-state index contributed by atoms with van der Waals surface area (Å²) in [5, 5.41) is 2.92. The van der Waals surface area contributed by atoms with Gasteiger partial charge in [0.15, 0.2) is 0 Å². The molecule has 0 saturated carbocycles. The molecule has 6 nitrogen and oxygen atoms in total. The second kappa shape index (κ2) is 10.6. The quantitative estimate of drug-likeness (QED) is 0.301. The first-order valence-electron chi connectivity index (χ1n) is 11.6. The molecule has 0 spiro atoms. The minimum Gasteiger partial charge on any atom is -0.462 e. The lowest BCUT2D eigenvalue weighted by molar-refractivity contribution is 0.0526. The highest BCUT2D eigenvalue weighted by Gasteiger charge is 2.20. The number of carbonyl (C=O) groups is 2. The van der Waals surface area contributed by atoms with Crippen LogP contribution in [-0.4, -0.2) is 29.2 Å². The highest BCUT2D eigenvalue weighted by molar-refractivity contribution is 7.99. The van der Waals surface area contributed by atoms with E-state index in [0.29, 0.717) is 30.0 Å². The van der Waals surface area contributed by atoms with Crippen molar-refractivity contribution < 1.29 is 14.3 Å². The number of rotatable bonds is 6. The van der Waals surface area contributed by atoms with Crippen LogP contribution in [0.3, 0.4) is 0 Å². The molecule has 0 bridgehead atoms. The number of hydrogen-bond donors (Lipinski definition) is 1. The molecule has 0 saturated heterocycles. The lowest BCUT2D eigenvalue weighted by Gasteiger charge is -2.10. The van der Waals surface area contributed by atoms with Crippen LogP contribution < -0.4 is 5.32 Å². The Morgan fingerprint density at radius 2 is 1.67 bits per heavy atom. The van der Waals surface area contributed by atoms with Crippen molar-refractivity contribution in [2.24, 2.45) is 4.99 Å². The van der Waals surface area contributed by atoms with E-state index in [1.807, 2.05) is 66.7 Å². The fraction of sp³-hybridized carbons (Fsp3) is 0.103. The van der Waals surface area contributed by atoms with Gasteiger partial charge in [-0.1, -0.05) is 48.2 Å². The fourth-order valence-corrected chi connectivity index (χ4v) is 4.86. The van der Waals surface area contributed by atoms with Crippen molar-refractivity contribution in [2.75, 3.05) is 6.61 Å². The third kappa shape index (κ3) is 5.06. The number of esters is 1. The van der Waals surface area contributed by atoms with Gasteiger partial charge in [-0.25, -0.2) is 9.79 Å². The van der Waals surface area contributed by atoms with Crippen LogP contribution >= 0.6 is 11.8 Å². The second-order valence-electron chi connectivity index (χ2n) is 8.04. The molecular formula is C29H23N3O3S. The van der Waals surface area contributed by atoms with Gasteiger partial charge in [0, 0.05) is 32.7 Å². The van der Waals surface area contributed by atoms with Crippen molar-refractivity contribution in [1.82, 2.24) is 10.3 Å². The first kappa shape index (κ1) is 23.5. The third-order valence-electron chi connectivity index (χ3n) is 5.64. The second-order valence-corrected chi connectivity index (χ2v) is 9.13. The number of aliphatic imine (C=N–C) groups is 1. The van der Waals surface area contributed by atoms with E-state index in [1.54, 1.807) is 37.0 Å².